The lowest BCUT2D eigenvalue weighted by molar-refractivity contribution is 0.645. The van der Waals surface area contributed by atoms with Crippen molar-refractivity contribution in [3.05, 3.63) is 106 Å². The van der Waals surface area contributed by atoms with Gasteiger partial charge in [-0.1, -0.05) is 97.7 Å². The second-order valence-electron chi connectivity index (χ2n) is 8.85. The molecular weight excluding hydrogens is 419 g/mol. The molecule has 0 N–H and O–H groups in total. The molecule has 0 atom stereocenters. The van der Waals surface area contributed by atoms with Gasteiger partial charge >= 0.3 is 0 Å². The molecule has 1 aliphatic rings. The second kappa shape index (κ2) is 6.60. The van der Waals surface area contributed by atoms with Gasteiger partial charge in [-0.15, -0.1) is 0 Å². The highest BCUT2D eigenvalue weighted by Gasteiger charge is 2.35. The molecule has 0 saturated heterocycles. The maximum Gasteiger partial charge on any atom is 0.0412 e. The van der Waals surface area contributed by atoms with Crippen LogP contribution in [-0.2, 0) is 5.41 Å². The van der Waals surface area contributed by atoms with Crippen LogP contribution in [0.15, 0.2) is 84.9 Å². The Morgan fingerprint density at radius 2 is 1.32 bits per heavy atom. The fourth-order valence-corrected chi connectivity index (χ4v) is 5.70. The highest BCUT2D eigenvalue weighted by Crippen LogP contribution is 2.54. The van der Waals surface area contributed by atoms with E-state index in [1.54, 1.807) is 0 Å². The molecule has 0 spiro atoms. The van der Waals surface area contributed by atoms with Crippen molar-refractivity contribution in [2.24, 2.45) is 0 Å². The average Bonchev–Trinajstić information content (AvgIpc) is 2.78. The summed E-state index contributed by atoms with van der Waals surface area (Å²) in [6.45, 7) is 4.59. The first-order valence-corrected chi connectivity index (χ1v) is 11.3. The van der Waals surface area contributed by atoms with Gasteiger partial charge in [-0.3, -0.25) is 0 Å². The number of halogens is 2. The standard InChI is InChI=1S/C29H20Cl2/c1-29(2)24-10-6-9-20-23-15-18(30)11-13-21(23)26(17-7-4-3-5-8-17)28(27(20)24)22-14-12-19(31)16-25(22)29/h3-16H,1-2H3. The molecule has 0 amide bonds. The summed E-state index contributed by atoms with van der Waals surface area (Å²) >= 11 is 13.0. The maximum absolute atomic E-state index is 6.49. The Bertz CT molecular complexity index is 1510. The molecular formula is C29H20Cl2. The first-order chi connectivity index (χ1) is 15.0. The largest absolute Gasteiger partial charge is 0.0843 e. The lowest BCUT2D eigenvalue weighted by atomic mass is 9.66. The van der Waals surface area contributed by atoms with E-state index in [2.05, 4.69) is 86.6 Å². The van der Waals surface area contributed by atoms with Gasteiger partial charge in [-0.05, 0) is 79.2 Å². The smallest absolute Gasteiger partial charge is 0.0412 e. The predicted molar refractivity (Wildman–Crippen MR) is 134 cm³/mol. The van der Waals surface area contributed by atoms with Crippen LogP contribution in [0.25, 0.3) is 43.8 Å². The Labute approximate surface area is 192 Å². The normalized spacial score (nSPS) is 14.1. The Morgan fingerprint density at radius 1 is 0.581 bits per heavy atom. The zero-order chi connectivity index (χ0) is 21.3. The molecule has 0 heterocycles. The van der Waals surface area contributed by atoms with Crippen molar-refractivity contribution in [1.82, 2.24) is 0 Å². The van der Waals surface area contributed by atoms with E-state index in [1.807, 2.05) is 12.1 Å². The first kappa shape index (κ1) is 18.9. The van der Waals surface area contributed by atoms with Crippen molar-refractivity contribution in [2.75, 3.05) is 0 Å². The highest BCUT2D eigenvalue weighted by atomic mass is 35.5. The van der Waals surface area contributed by atoms with E-state index in [9.17, 15) is 0 Å². The van der Waals surface area contributed by atoms with Crippen LogP contribution in [0.3, 0.4) is 0 Å². The first-order valence-electron chi connectivity index (χ1n) is 10.5. The van der Waals surface area contributed by atoms with E-state index < -0.39 is 0 Å². The average molecular weight is 439 g/mol. The van der Waals surface area contributed by atoms with Crippen LogP contribution in [0, 0.1) is 0 Å². The quantitative estimate of drug-likeness (QED) is 0.228. The molecule has 0 saturated carbocycles. The molecule has 0 bridgehead atoms. The molecule has 6 rings (SSSR count). The lowest BCUT2D eigenvalue weighted by Gasteiger charge is -2.37. The van der Waals surface area contributed by atoms with Gasteiger partial charge in [-0.25, -0.2) is 0 Å². The molecule has 31 heavy (non-hydrogen) atoms. The minimum Gasteiger partial charge on any atom is -0.0843 e. The van der Waals surface area contributed by atoms with Crippen molar-refractivity contribution in [1.29, 1.82) is 0 Å². The maximum atomic E-state index is 6.49. The van der Waals surface area contributed by atoms with Crippen LogP contribution in [0.4, 0.5) is 0 Å². The Morgan fingerprint density at radius 3 is 2.13 bits per heavy atom. The highest BCUT2D eigenvalue weighted by molar-refractivity contribution is 6.33. The number of fused-ring (bicyclic) bond motifs is 4. The molecule has 0 nitrogen and oxygen atoms in total. The Balaban J connectivity index is 1.95. The van der Waals surface area contributed by atoms with E-state index in [0.29, 0.717) is 0 Å². The van der Waals surface area contributed by atoms with Gasteiger partial charge in [-0.2, -0.15) is 0 Å². The van der Waals surface area contributed by atoms with E-state index in [0.717, 1.165) is 10.0 Å². The van der Waals surface area contributed by atoms with Gasteiger partial charge in [0, 0.05) is 15.5 Å². The fourth-order valence-electron chi connectivity index (χ4n) is 5.35. The third-order valence-electron chi connectivity index (χ3n) is 6.77. The minimum absolute atomic E-state index is 0.160. The van der Waals surface area contributed by atoms with Crippen molar-refractivity contribution in [3.63, 3.8) is 0 Å². The summed E-state index contributed by atoms with van der Waals surface area (Å²) in [6, 6.07) is 29.9. The van der Waals surface area contributed by atoms with Crippen LogP contribution in [0.1, 0.15) is 25.0 Å². The number of hydrogen-bond acceptors (Lipinski definition) is 0. The van der Waals surface area contributed by atoms with E-state index in [4.69, 9.17) is 23.2 Å². The number of benzene rings is 5. The van der Waals surface area contributed by atoms with E-state index >= 15 is 0 Å². The van der Waals surface area contributed by atoms with Crippen molar-refractivity contribution in [2.45, 2.75) is 19.3 Å². The molecule has 0 radical (unpaired) electrons. The van der Waals surface area contributed by atoms with Gasteiger partial charge in [0.1, 0.15) is 0 Å². The fraction of sp³-hybridized carbons (Fsp3) is 0.103. The molecule has 5 aromatic carbocycles. The molecule has 0 aromatic heterocycles. The summed E-state index contributed by atoms with van der Waals surface area (Å²) in [5.74, 6) is 0. The van der Waals surface area contributed by atoms with Crippen LogP contribution in [-0.4, -0.2) is 0 Å². The SMILES string of the molecule is CC1(C)c2cc(Cl)ccc2-c2c(-c3ccccc3)c3ccc(Cl)cc3c3cccc1c23. The summed E-state index contributed by atoms with van der Waals surface area (Å²) in [7, 11) is 0. The molecule has 0 unspecified atom stereocenters. The molecule has 2 heteroatoms. The zero-order valence-corrected chi connectivity index (χ0v) is 18.9. The van der Waals surface area contributed by atoms with Gasteiger partial charge < -0.3 is 0 Å². The topological polar surface area (TPSA) is 0 Å². The van der Waals surface area contributed by atoms with E-state index in [1.165, 1.54) is 54.9 Å². The lowest BCUT2D eigenvalue weighted by Crippen LogP contribution is -2.24. The van der Waals surface area contributed by atoms with Crippen LogP contribution >= 0.6 is 23.2 Å². The monoisotopic (exact) mass is 438 g/mol. The number of rotatable bonds is 1. The summed E-state index contributed by atoms with van der Waals surface area (Å²) in [5.41, 5.74) is 7.45. The molecule has 5 aromatic rings. The molecule has 150 valence electrons. The van der Waals surface area contributed by atoms with E-state index in [-0.39, 0.29) is 5.41 Å². The molecule has 1 aliphatic carbocycles. The second-order valence-corrected chi connectivity index (χ2v) is 9.72. The van der Waals surface area contributed by atoms with Gasteiger partial charge in [0.15, 0.2) is 0 Å². The van der Waals surface area contributed by atoms with Crippen molar-refractivity contribution < 1.29 is 0 Å². The summed E-state index contributed by atoms with van der Waals surface area (Å²) < 4.78 is 0. The Kier molecular flexibility index (Phi) is 4.03. The predicted octanol–water partition coefficient (Wildman–Crippen LogP) is 9.27. The third kappa shape index (κ3) is 2.62. The van der Waals surface area contributed by atoms with Crippen LogP contribution in [0.2, 0.25) is 10.0 Å². The summed E-state index contributed by atoms with van der Waals surface area (Å²) in [6.07, 6.45) is 0. The van der Waals surface area contributed by atoms with Gasteiger partial charge in [0.2, 0.25) is 0 Å². The minimum atomic E-state index is -0.160. The number of hydrogen-bond donors (Lipinski definition) is 0. The summed E-state index contributed by atoms with van der Waals surface area (Å²) in [4.78, 5) is 0. The summed E-state index contributed by atoms with van der Waals surface area (Å²) in [5, 5.41) is 6.51. The molecule has 0 aliphatic heterocycles. The van der Waals surface area contributed by atoms with Crippen LogP contribution in [0.5, 0.6) is 0 Å². The molecule has 0 fully saturated rings. The Hall–Kier alpha value is -2.80. The third-order valence-corrected chi connectivity index (χ3v) is 7.24. The van der Waals surface area contributed by atoms with Gasteiger partial charge in [0.25, 0.3) is 0 Å². The van der Waals surface area contributed by atoms with Crippen LogP contribution < -0.4 is 0 Å². The van der Waals surface area contributed by atoms with Crippen molar-refractivity contribution >= 4 is 44.7 Å². The zero-order valence-electron chi connectivity index (χ0n) is 17.3. The van der Waals surface area contributed by atoms with Crippen molar-refractivity contribution in [3.8, 4) is 22.3 Å². The van der Waals surface area contributed by atoms with Gasteiger partial charge in [0.05, 0.1) is 0 Å².